The smallest absolute Gasteiger partial charge is 0.235 e. The lowest BCUT2D eigenvalue weighted by Crippen LogP contribution is -2.40. The van der Waals surface area contributed by atoms with Crippen molar-refractivity contribution in [1.29, 1.82) is 0 Å². The summed E-state index contributed by atoms with van der Waals surface area (Å²) < 4.78 is 0. The van der Waals surface area contributed by atoms with Crippen molar-refractivity contribution in [1.82, 2.24) is 4.90 Å². The lowest BCUT2D eigenvalue weighted by atomic mass is 9.63. The molecule has 4 heteroatoms. The minimum atomic E-state index is -0.100. The zero-order valence-corrected chi connectivity index (χ0v) is 14.0. The predicted octanol–water partition coefficient (Wildman–Crippen LogP) is 2.73. The van der Waals surface area contributed by atoms with Crippen LogP contribution >= 0.6 is 0 Å². The van der Waals surface area contributed by atoms with Crippen molar-refractivity contribution in [3.63, 3.8) is 0 Å². The molecule has 2 saturated carbocycles. The summed E-state index contributed by atoms with van der Waals surface area (Å²) in [5.74, 6) is 1.78. The van der Waals surface area contributed by atoms with E-state index in [-0.39, 0.29) is 30.3 Å². The van der Waals surface area contributed by atoms with E-state index in [1.807, 2.05) is 12.1 Å². The molecule has 1 aromatic rings. The number of anilines is 1. The topological polar surface area (TPSA) is 49.4 Å². The summed E-state index contributed by atoms with van der Waals surface area (Å²) in [4.78, 5) is 27.3. The van der Waals surface area contributed by atoms with Crippen LogP contribution in [-0.4, -0.2) is 23.4 Å². The fourth-order valence-corrected chi connectivity index (χ4v) is 5.28. The summed E-state index contributed by atoms with van der Waals surface area (Å²) in [5, 5.41) is 3.30. The van der Waals surface area contributed by atoms with Crippen molar-refractivity contribution in [2.24, 2.45) is 35.5 Å². The Hall–Kier alpha value is -2.10. The second kappa shape index (κ2) is 4.71. The van der Waals surface area contributed by atoms with Crippen molar-refractivity contribution in [2.75, 3.05) is 12.0 Å². The van der Waals surface area contributed by atoms with Crippen molar-refractivity contribution in [3.8, 4) is 0 Å². The van der Waals surface area contributed by atoms with Gasteiger partial charge in [-0.2, -0.15) is 0 Å². The first kappa shape index (κ1) is 14.3. The fourth-order valence-electron chi connectivity index (χ4n) is 5.28. The van der Waals surface area contributed by atoms with Crippen LogP contribution in [-0.2, 0) is 9.59 Å². The molecule has 1 aliphatic heterocycles. The number of amides is 2. The highest BCUT2D eigenvalue weighted by atomic mass is 16.2. The van der Waals surface area contributed by atoms with Crippen LogP contribution in [0.4, 0.5) is 5.69 Å². The molecule has 1 aromatic carbocycles. The summed E-state index contributed by atoms with van der Waals surface area (Å²) in [6, 6.07) is 6.06. The Bertz CT molecular complexity index is 748. The number of imide groups is 1. The van der Waals surface area contributed by atoms with Gasteiger partial charge in [0.15, 0.2) is 0 Å². The second-order valence-corrected chi connectivity index (χ2v) is 7.84. The molecular weight excluding hydrogens is 300 g/mol. The van der Waals surface area contributed by atoms with E-state index in [0.29, 0.717) is 23.7 Å². The molecule has 2 amide bonds. The third kappa shape index (κ3) is 1.74. The van der Waals surface area contributed by atoms with Gasteiger partial charge in [0.2, 0.25) is 11.8 Å². The molecule has 4 nitrogen and oxygen atoms in total. The second-order valence-electron chi connectivity index (χ2n) is 7.84. The van der Waals surface area contributed by atoms with Gasteiger partial charge >= 0.3 is 0 Å². The monoisotopic (exact) mass is 322 g/mol. The number of likely N-dealkylation sites (tertiary alicyclic amines) is 1. The first-order chi connectivity index (χ1) is 11.6. The van der Waals surface area contributed by atoms with Crippen LogP contribution in [0.1, 0.15) is 17.5 Å². The largest absolute Gasteiger partial charge is 0.367 e. The van der Waals surface area contributed by atoms with Crippen LogP contribution in [0.3, 0.4) is 0 Å². The molecule has 124 valence electrons. The number of aryl methyl sites for hydroxylation is 1. The van der Waals surface area contributed by atoms with E-state index in [2.05, 4.69) is 37.4 Å². The average molecular weight is 322 g/mol. The van der Waals surface area contributed by atoms with Gasteiger partial charge in [-0.05, 0) is 61.1 Å². The quantitative estimate of drug-likeness (QED) is 0.688. The molecule has 6 atom stereocenters. The average Bonchev–Trinajstić information content (AvgIpc) is 3.35. The van der Waals surface area contributed by atoms with E-state index in [4.69, 9.17) is 0 Å². The molecule has 1 N–H and O–H groups in total. The van der Waals surface area contributed by atoms with Crippen molar-refractivity contribution >= 4 is 17.5 Å². The SMILES string of the molecule is Cc1cccc(NCN2C(=O)[C@@H]3[C@@H]4C=C[C@H]([C@H]5C[C@@H]45)[C@@H]3C2=O)c1C. The lowest BCUT2D eigenvalue weighted by Gasteiger charge is -2.37. The molecule has 0 spiro atoms. The Morgan fingerprint density at radius 2 is 1.67 bits per heavy atom. The Morgan fingerprint density at radius 1 is 1.04 bits per heavy atom. The number of allylic oxidation sites excluding steroid dienone is 2. The van der Waals surface area contributed by atoms with Gasteiger partial charge in [0, 0.05) is 5.69 Å². The lowest BCUT2D eigenvalue weighted by molar-refractivity contribution is -0.139. The van der Waals surface area contributed by atoms with Crippen LogP contribution in [0.15, 0.2) is 30.4 Å². The zero-order chi connectivity index (χ0) is 16.6. The zero-order valence-electron chi connectivity index (χ0n) is 14.0. The highest BCUT2D eigenvalue weighted by molar-refractivity contribution is 6.06. The normalized spacial score (nSPS) is 38.3. The fraction of sp³-hybridized carbons (Fsp3) is 0.500. The van der Waals surface area contributed by atoms with Gasteiger partial charge in [0.25, 0.3) is 0 Å². The van der Waals surface area contributed by atoms with Crippen molar-refractivity contribution < 1.29 is 9.59 Å². The van der Waals surface area contributed by atoms with Crippen LogP contribution in [0.2, 0.25) is 0 Å². The van der Waals surface area contributed by atoms with E-state index >= 15 is 0 Å². The third-order valence-corrected chi connectivity index (χ3v) is 6.79. The Labute approximate surface area is 141 Å². The van der Waals surface area contributed by atoms with Gasteiger partial charge in [-0.15, -0.1) is 0 Å². The van der Waals surface area contributed by atoms with Gasteiger partial charge in [-0.1, -0.05) is 24.3 Å². The van der Waals surface area contributed by atoms with Crippen LogP contribution in [0, 0.1) is 49.4 Å². The summed E-state index contributed by atoms with van der Waals surface area (Å²) in [7, 11) is 0. The molecule has 2 bridgehead atoms. The highest BCUT2D eigenvalue weighted by Crippen LogP contribution is 2.65. The Balaban J connectivity index is 1.38. The van der Waals surface area contributed by atoms with Gasteiger partial charge in [0.1, 0.15) is 0 Å². The summed E-state index contributed by atoms with van der Waals surface area (Å²) >= 11 is 0. The predicted molar refractivity (Wildman–Crippen MR) is 91.0 cm³/mol. The molecule has 1 saturated heterocycles. The van der Waals surface area contributed by atoms with Crippen molar-refractivity contribution in [3.05, 3.63) is 41.5 Å². The summed E-state index contributed by atoms with van der Waals surface area (Å²) in [5.41, 5.74) is 3.36. The Kier molecular flexibility index (Phi) is 2.80. The van der Waals surface area contributed by atoms with Crippen LogP contribution < -0.4 is 5.32 Å². The molecular formula is C20H22N2O2. The van der Waals surface area contributed by atoms with E-state index in [1.165, 1.54) is 16.9 Å². The van der Waals surface area contributed by atoms with E-state index < -0.39 is 0 Å². The maximum absolute atomic E-state index is 12.9. The van der Waals surface area contributed by atoms with E-state index in [9.17, 15) is 9.59 Å². The molecule has 4 aliphatic carbocycles. The maximum atomic E-state index is 12.9. The van der Waals surface area contributed by atoms with Crippen LogP contribution in [0.25, 0.3) is 0 Å². The summed E-state index contributed by atoms with van der Waals surface area (Å²) in [6.07, 6.45) is 5.64. The third-order valence-electron chi connectivity index (χ3n) is 6.79. The van der Waals surface area contributed by atoms with E-state index in [1.54, 1.807) is 0 Å². The van der Waals surface area contributed by atoms with Gasteiger partial charge in [0.05, 0.1) is 18.5 Å². The summed E-state index contributed by atoms with van der Waals surface area (Å²) in [6.45, 7) is 4.41. The maximum Gasteiger partial charge on any atom is 0.235 e. The van der Waals surface area contributed by atoms with Gasteiger partial charge in [-0.3, -0.25) is 14.5 Å². The molecule has 3 fully saturated rings. The highest BCUT2D eigenvalue weighted by Gasteiger charge is 2.66. The minimum absolute atomic E-state index is 0.0347. The number of hydrogen-bond donors (Lipinski definition) is 1. The first-order valence-electron chi connectivity index (χ1n) is 8.91. The van der Waals surface area contributed by atoms with Gasteiger partial charge < -0.3 is 5.32 Å². The number of carbonyl (C=O) groups excluding carboxylic acids is 2. The van der Waals surface area contributed by atoms with Crippen molar-refractivity contribution in [2.45, 2.75) is 20.3 Å². The number of nitrogens with one attached hydrogen (secondary N) is 1. The molecule has 6 rings (SSSR count). The van der Waals surface area contributed by atoms with E-state index in [0.717, 1.165) is 11.3 Å². The van der Waals surface area contributed by atoms with Crippen LogP contribution in [0.5, 0.6) is 0 Å². The molecule has 0 aromatic heterocycles. The number of rotatable bonds is 3. The molecule has 1 heterocycles. The standard InChI is InChI=1S/C20H22N2O2/c1-10-4-3-5-16(11(10)2)21-9-22-19(23)17-12-6-7-13(15-8-14(12)15)18(17)20(22)24/h3-7,12-15,17-18,21H,8-9H2,1-2H3/t12-,13-,14-,15+,17+,18-/m1/s1. The molecule has 0 unspecified atom stereocenters. The first-order valence-corrected chi connectivity index (χ1v) is 8.91. The molecule has 5 aliphatic rings. The number of carbonyl (C=O) groups is 2. The Morgan fingerprint density at radius 3 is 2.29 bits per heavy atom. The molecule has 0 radical (unpaired) electrons. The number of benzene rings is 1. The molecule has 24 heavy (non-hydrogen) atoms. The van der Waals surface area contributed by atoms with Gasteiger partial charge in [-0.25, -0.2) is 0 Å². The number of nitrogens with zero attached hydrogens (tertiary/aromatic N) is 1. The minimum Gasteiger partial charge on any atom is -0.367 e. The number of hydrogen-bond acceptors (Lipinski definition) is 3.